The summed E-state index contributed by atoms with van der Waals surface area (Å²) in [7, 11) is 1.53. The van der Waals surface area contributed by atoms with Crippen LogP contribution in [0, 0.1) is 12.3 Å². The summed E-state index contributed by atoms with van der Waals surface area (Å²) in [6.45, 7) is 8.19. The Labute approximate surface area is 208 Å². The number of nitrogens with one attached hydrogen (secondary N) is 1. The van der Waals surface area contributed by atoms with E-state index in [0.29, 0.717) is 24.2 Å². The number of hydrogen-bond acceptors (Lipinski definition) is 5. The summed E-state index contributed by atoms with van der Waals surface area (Å²) in [6.07, 6.45) is 1.35. The maximum absolute atomic E-state index is 13.4. The standard InChI is InChI=1S/C28H38N2O5/c1-6-9-23(20-12-10-19(4)11-13-20)29-27(33)30-25(32)28(7-2,8-3)26(30)35-22-16-14-21(15-17-22)24(31)18-34-5/h10-17,23-24,26,31H,6-9,18H2,1-5H3,(H,29,33)/t23?,24-,26?/m1/s1. The van der Waals surface area contributed by atoms with E-state index in [-0.39, 0.29) is 18.6 Å². The summed E-state index contributed by atoms with van der Waals surface area (Å²) < 4.78 is 11.2. The van der Waals surface area contributed by atoms with Gasteiger partial charge in [0.15, 0.2) is 6.23 Å². The lowest BCUT2D eigenvalue weighted by Crippen LogP contribution is -2.73. The van der Waals surface area contributed by atoms with E-state index in [9.17, 15) is 14.7 Å². The lowest BCUT2D eigenvalue weighted by Gasteiger charge is -2.53. The Kier molecular flexibility index (Phi) is 8.92. The molecule has 2 aromatic carbocycles. The highest BCUT2D eigenvalue weighted by Crippen LogP contribution is 2.46. The number of aliphatic hydroxyl groups is 1. The van der Waals surface area contributed by atoms with Gasteiger partial charge in [-0.25, -0.2) is 9.69 Å². The van der Waals surface area contributed by atoms with Gasteiger partial charge in [0.05, 0.1) is 12.6 Å². The molecule has 190 valence electrons. The number of urea groups is 1. The molecular weight excluding hydrogens is 444 g/mol. The van der Waals surface area contributed by atoms with Gasteiger partial charge in [-0.2, -0.15) is 0 Å². The van der Waals surface area contributed by atoms with E-state index >= 15 is 0 Å². The molecule has 3 amide bonds. The Balaban J connectivity index is 1.80. The van der Waals surface area contributed by atoms with Crippen LogP contribution in [0.5, 0.6) is 5.75 Å². The van der Waals surface area contributed by atoms with Crippen LogP contribution in [0.2, 0.25) is 0 Å². The average molecular weight is 483 g/mol. The minimum Gasteiger partial charge on any atom is -0.469 e. The maximum atomic E-state index is 13.4. The second-order valence-corrected chi connectivity index (χ2v) is 9.25. The van der Waals surface area contributed by atoms with Gasteiger partial charge in [-0.3, -0.25) is 4.79 Å². The van der Waals surface area contributed by atoms with Gasteiger partial charge < -0.3 is 19.9 Å². The molecule has 1 fully saturated rings. The predicted molar refractivity (Wildman–Crippen MR) is 135 cm³/mol. The van der Waals surface area contributed by atoms with Crippen molar-refractivity contribution >= 4 is 11.9 Å². The van der Waals surface area contributed by atoms with E-state index in [1.807, 2.05) is 45.0 Å². The first-order valence-electron chi connectivity index (χ1n) is 12.5. The zero-order chi connectivity index (χ0) is 25.6. The SMILES string of the molecule is CCCC(NC(=O)N1C(=O)C(CC)(CC)C1Oc1ccc([C@H](O)COC)cc1)c1ccc(C)cc1. The minimum absolute atomic E-state index is 0.193. The van der Waals surface area contributed by atoms with Crippen molar-refractivity contribution in [1.29, 1.82) is 0 Å². The zero-order valence-corrected chi connectivity index (χ0v) is 21.4. The molecule has 0 spiro atoms. The molecule has 1 saturated heterocycles. The number of methoxy groups -OCH3 is 1. The van der Waals surface area contributed by atoms with Crippen LogP contribution < -0.4 is 10.1 Å². The second-order valence-electron chi connectivity index (χ2n) is 9.25. The number of imide groups is 1. The van der Waals surface area contributed by atoms with E-state index in [1.54, 1.807) is 24.3 Å². The topological polar surface area (TPSA) is 88.1 Å². The Hall–Kier alpha value is -2.90. The van der Waals surface area contributed by atoms with Gasteiger partial charge in [0.1, 0.15) is 17.3 Å². The summed E-state index contributed by atoms with van der Waals surface area (Å²) in [4.78, 5) is 27.8. The third-order valence-corrected chi connectivity index (χ3v) is 7.02. The number of carbonyl (C=O) groups is 2. The van der Waals surface area contributed by atoms with E-state index in [2.05, 4.69) is 12.2 Å². The number of hydrogen-bond donors (Lipinski definition) is 2. The molecule has 7 heteroatoms. The van der Waals surface area contributed by atoms with Gasteiger partial charge in [-0.05, 0) is 49.4 Å². The van der Waals surface area contributed by atoms with Gasteiger partial charge in [0, 0.05) is 7.11 Å². The first kappa shape index (κ1) is 26.7. The molecule has 2 N–H and O–H groups in total. The lowest BCUT2D eigenvalue weighted by molar-refractivity contribution is -0.191. The number of benzene rings is 2. The number of β-lactam (4-membered cyclic amide) rings is 1. The number of amides is 3. The largest absolute Gasteiger partial charge is 0.469 e. The summed E-state index contributed by atoms with van der Waals surface area (Å²) >= 11 is 0. The molecule has 7 nitrogen and oxygen atoms in total. The van der Waals surface area contributed by atoms with Crippen molar-refractivity contribution in [2.24, 2.45) is 5.41 Å². The molecule has 1 aliphatic heterocycles. The van der Waals surface area contributed by atoms with Crippen LogP contribution in [0.4, 0.5) is 4.79 Å². The number of nitrogens with zero attached hydrogens (tertiary/aromatic N) is 1. The first-order chi connectivity index (χ1) is 16.8. The van der Waals surface area contributed by atoms with Gasteiger partial charge in [-0.15, -0.1) is 0 Å². The summed E-state index contributed by atoms with van der Waals surface area (Å²) in [5.74, 6) is 0.319. The fraction of sp³-hybridized carbons (Fsp3) is 0.500. The number of aryl methyl sites for hydroxylation is 1. The molecule has 35 heavy (non-hydrogen) atoms. The Morgan fingerprint density at radius 3 is 2.20 bits per heavy atom. The molecule has 3 atom stereocenters. The highest BCUT2D eigenvalue weighted by molar-refractivity contribution is 6.03. The van der Waals surface area contributed by atoms with Crippen molar-refractivity contribution in [3.05, 3.63) is 65.2 Å². The Bertz CT molecular complexity index is 985. The first-order valence-corrected chi connectivity index (χ1v) is 12.5. The van der Waals surface area contributed by atoms with Crippen molar-refractivity contribution in [3.63, 3.8) is 0 Å². The fourth-order valence-corrected chi connectivity index (χ4v) is 4.68. The molecule has 1 aliphatic rings. The van der Waals surface area contributed by atoms with E-state index < -0.39 is 23.8 Å². The van der Waals surface area contributed by atoms with Crippen LogP contribution in [0.3, 0.4) is 0 Å². The smallest absolute Gasteiger partial charge is 0.327 e. The summed E-state index contributed by atoms with van der Waals surface area (Å²) in [5, 5.41) is 13.2. The van der Waals surface area contributed by atoms with E-state index in [1.165, 1.54) is 12.0 Å². The van der Waals surface area contributed by atoms with Crippen molar-refractivity contribution < 1.29 is 24.2 Å². The van der Waals surface area contributed by atoms with Gasteiger partial charge in [0.2, 0.25) is 5.91 Å². The zero-order valence-electron chi connectivity index (χ0n) is 21.4. The molecule has 0 radical (unpaired) electrons. The monoisotopic (exact) mass is 482 g/mol. The van der Waals surface area contributed by atoms with Gasteiger partial charge in [0.25, 0.3) is 0 Å². The summed E-state index contributed by atoms with van der Waals surface area (Å²) in [5.41, 5.74) is 2.11. The van der Waals surface area contributed by atoms with Crippen LogP contribution in [0.15, 0.2) is 48.5 Å². The molecule has 0 saturated carbocycles. The molecule has 3 rings (SSSR count). The molecule has 2 aromatic rings. The normalized spacial score (nSPS) is 18.5. The van der Waals surface area contributed by atoms with Crippen molar-refractivity contribution in [1.82, 2.24) is 10.2 Å². The van der Waals surface area contributed by atoms with Crippen LogP contribution in [0.25, 0.3) is 0 Å². The van der Waals surface area contributed by atoms with E-state index in [0.717, 1.165) is 24.0 Å². The third kappa shape index (κ3) is 5.52. The Morgan fingerprint density at radius 1 is 1.06 bits per heavy atom. The number of ether oxygens (including phenoxy) is 2. The quantitative estimate of drug-likeness (QED) is 0.426. The molecule has 2 unspecified atom stereocenters. The number of carbonyl (C=O) groups excluding carboxylic acids is 2. The number of likely N-dealkylation sites (tertiary alicyclic amines) is 1. The Morgan fingerprint density at radius 2 is 1.66 bits per heavy atom. The molecular formula is C28H38N2O5. The van der Waals surface area contributed by atoms with Crippen molar-refractivity contribution in [2.75, 3.05) is 13.7 Å². The number of aliphatic hydroxyl groups excluding tert-OH is 1. The summed E-state index contributed by atoms with van der Waals surface area (Å²) in [6, 6.07) is 14.5. The van der Waals surface area contributed by atoms with Gasteiger partial charge in [-0.1, -0.05) is 69.2 Å². The van der Waals surface area contributed by atoms with E-state index in [4.69, 9.17) is 9.47 Å². The lowest BCUT2D eigenvalue weighted by atomic mass is 9.72. The average Bonchev–Trinajstić information content (AvgIpc) is 2.85. The third-order valence-electron chi connectivity index (χ3n) is 7.02. The van der Waals surface area contributed by atoms with Crippen LogP contribution in [-0.2, 0) is 9.53 Å². The van der Waals surface area contributed by atoms with Crippen LogP contribution in [0.1, 0.15) is 75.3 Å². The molecule has 1 heterocycles. The highest BCUT2D eigenvalue weighted by atomic mass is 16.5. The van der Waals surface area contributed by atoms with Crippen LogP contribution >= 0.6 is 0 Å². The van der Waals surface area contributed by atoms with Crippen molar-refractivity contribution in [3.8, 4) is 5.75 Å². The van der Waals surface area contributed by atoms with Crippen molar-refractivity contribution in [2.45, 2.75) is 71.8 Å². The van der Waals surface area contributed by atoms with Crippen LogP contribution in [-0.4, -0.2) is 41.9 Å². The molecule has 0 bridgehead atoms. The second kappa shape index (κ2) is 11.7. The van der Waals surface area contributed by atoms with Gasteiger partial charge >= 0.3 is 6.03 Å². The predicted octanol–water partition coefficient (Wildman–Crippen LogP) is 5.28. The number of rotatable bonds is 11. The maximum Gasteiger partial charge on any atom is 0.327 e. The fourth-order valence-electron chi connectivity index (χ4n) is 4.68. The minimum atomic E-state index is -0.754. The molecule has 0 aromatic heterocycles. The molecule has 0 aliphatic carbocycles. The highest BCUT2D eigenvalue weighted by Gasteiger charge is 2.63.